The Morgan fingerprint density at radius 2 is 1.96 bits per heavy atom. The maximum absolute atomic E-state index is 12.3. The third-order valence-corrected chi connectivity index (χ3v) is 4.97. The quantitative estimate of drug-likeness (QED) is 0.584. The van der Waals surface area contributed by atoms with Crippen LogP contribution in [0.1, 0.15) is 18.1 Å². The van der Waals surface area contributed by atoms with E-state index >= 15 is 0 Å². The van der Waals surface area contributed by atoms with Crippen molar-refractivity contribution in [1.82, 2.24) is 4.90 Å². The molecule has 0 unspecified atom stereocenters. The van der Waals surface area contributed by atoms with E-state index in [9.17, 15) is 4.79 Å². The second-order valence-electron chi connectivity index (χ2n) is 5.27. The Kier molecular flexibility index (Phi) is 5.33. The summed E-state index contributed by atoms with van der Waals surface area (Å²) in [5.74, 6) is 0.752. The number of amides is 1. The molecule has 24 heavy (non-hydrogen) atoms. The lowest BCUT2D eigenvalue weighted by Gasteiger charge is -2.09. The van der Waals surface area contributed by atoms with E-state index in [0.29, 0.717) is 22.4 Å². The Labute approximate surface area is 151 Å². The minimum Gasteiger partial charge on any atom is -0.489 e. The highest BCUT2D eigenvalue weighted by Crippen LogP contribution is 2.32. The fourth-order valence-electron chi connectivity index (χ4n) is 2.36. The molecule has 0 aromatic heterocycles. The summed E-state index contributed by atoms with van der Waals surface area (Å²) in [6, 6.07) is 17.7. The molecule has 3 nitrogen and oxygen atoms in total. The van der Waals surface area contributed by atoms with E-state index in [0.717, 1.165) is 16.9 Å². The monoisotopic (exact) mass is 355 g/mol. The van der Waals surface area contributed by atoms with E-state index in [1.807, 2.05) is 67.6 Å². The molecule has 0 aliphatic carbocycles. The molecule has 122 valence electrons. The van der Waals surface area contributed by atoms with Gasteiger partial charge in [-0.2, -0.15) is 0 Å². The first kappa shape index (κ1) is 16.7. The molecular weight excluding hydrogens is 338 g/mol. The second kappa shape index (κ2) is 7.64. The number of thiocarbonyl (C=S) groups is 1. The molecule has 2 aromatic rings. The zero-order valence-corrected chi connectivity index (χ0v) is 14.9. The number of thioether (sulfide) groups is 1. The molecule has 3 rings (SSSR count). The molecule has 0 bridgehead atoms. The summed E-state index contributed by atoms with van der Waals surface area (Å²) < 4.78 is 6.45. The van der Waals surface area contributed by atoms with E-state index in [2.05, 4.69) is 0 Å². The molecule has 2 aromatic carbocycles. The van der Waals surface area contributed by atoms with Crippen molar-refractivity contribution in [3.8, 4) is 5.75 Å². The maximum Gasteiger partial charge on any atom is 0.266 e. The van der Waals surface area contributed by atoms with Crippen molar-refractivity contribution in [3.63, 3.8) is 0 Å². The van der Waals surface area contributed by atoms with Gasteiger partial charge < -0.3 is 4.74 Å². The normalized spacial score (nSPS) is 16.0. The maximum atomic E-state index is 12.3. The lowest BCUT2D eigenvalue weighted by molar-refractivity contribution is -0.121. The molecule has 1 aliphatic rings. The van der Waals surface area contributed by atoms with Crippen LogP contribution in [0.4, 0.5) is 0 Å². The van der Waals surface area contributed by atoms with Gasteiger partial charge in [-0.05, 0) is 36.3 Å². The predicted molar refractivity (Wildman–Crippen MR) is 103 cm³/mol. The molecule has 5 heteroatoms. The van der Waals surface area contributed by atoms with Gasteiger partial charge in [-0.25, -0.2) is 0 Å². The lowest BCUT2D eigenvalue weighted by Crippen LogP contribution is -2.27. The van der Waals surface area contributed by atoms with Crippen molar-refractivity contribution in [2.24, 2.45) is 0 Å². The van der Waals surface area contributed by atoms with Crippen molar-refractivity contribution < 1.29 is 9.53 Å². The third kappa shape index (κ3) is 3.86. The van der Waals surface area contributed by atoms with Gasteiger partial charge in [-0.1, -0.05) is 66.4 Å². The zero-order valence-electron chi connectivity index (χ0n) is 13.3. The van der Waals surface area contributed by atoms with Crippen LogP contribution in [0.25, 0.3) is 6.08 Å². The highest BCUT2D eigenvalue weighted by molar-refractivity contribution is 8.26. The number of likely N-dealkylation sites (N-methyl/N-ethyl adjacent to an activating group) is 1. The summed E-state index contributed by atoms with van der Waals surface area (Å²) in [5.41, 5.74) is 2.05. The smallest absolute Gasteiger partial charge is 0.266 e. The van der Waals surface area contributed by atoms with Crippen LogP contribution in [0, 0.1) is 0 Å². The number of hydrogen-bond acceptors (Lipinski definition) is 4. The van der Waals surface area contributed by atoms with Gasteiger partial charge in [0.1, 0.15) is 16.7 Å². The van der Waals surface area contributed by atoms with Crippen molar-refractivity contribution >= 4 is 40.3 Å². The predicted octanol–water partition coefficient (Wildman–Crippen LogP) is 4.49. The van der Waals surface area contributed by atoms with Crippen molar-refractivity contribution in [2.75, 3.05) is 6.54 Å². The van der Waals surface area contributed by atoms with Crippen LogP contribution in [0.2, 0.25) is 0 Å². The summed E-state index contributed by atoms with van der Waals surface area (Å²) in [5, 5.41) is 0. The van der Waals surface area contributed by atoms with Gasteiger partial charge >= 0.3 is 0 Å². The fraction of sp³-hybridized carbons (Fsp3) is 0.158. The van der Waals surface area contributed by atoms with Crippen molar-refractivity contribution in [3.05, 3.63) is 70.6 Å². The first-order valence-electron chi connectivity index (χ1n) is 7.69. The van der Waals surface area contributed by atoms with E-state index in [1.165, 1.54) is 11.8 Å². The Morgan fingerprint density at radius 3 is 2.67 bits per heavy atom. The number of nitrogens with zero attached hydrogens (tertiary/aromatic N) is 1. The standard InChI is InChI=1S/C19H17NO2S2/c1-2-20-18(21)17(24-19(20)23)12-15-9-6-10-16(11-15)22-13-14-7-4-3-5-8-14/h3-12H,2,13H2,1H3. The van der Waals surface area contributed by atoms with Gasteiger partial charge in [0.15, 0.2) is 0 Å². The summed E-state index contributed by atoms with van der Waals surface area (Å²) in [6.45, 7) is 3.04. The minimum atomic E-state index is -0.0249. The van der Waals surface area contributed by atoms with E-state index in [4.69, 9.17) is 17.0 Å². The molecular formula is C19H17NO2S2. The van der Waals surface area contributed by atoms with Gasteiger partial charge in [0, 0.05) is 6.54 Å². The molecule has 0 atom stereocenters. The Hall–Kier alpha value is -2.11. The SMILES string of the molecule is CCN1C(=O)C(=Cc2cccc(OCc3ccccc3)c2)SC1=S. The summed E-state index contributed by atoms with van der Waals surface area (Å²) in [7, 11) is 0. The highest BCUT2D eigenvalue weighted by Gasteiger charge is 2.30. The van der Waals surface area contributed by atoms with Crippen LogP contribution < -0.4 is 4.74 Å². The molecule has 0 N–H and O–H groups in total. The largest absolute Gasteiger partial charge is 0.489 e. The first-order valence-corrected chi connectivity index (χ1v) is 8.92. The van der Waals surface area contributed by atoms with E-state index in [1.54, 1.807) is 4.90 Å². The first-order chi connectivity index (χ1) is 11.7. The minimum absolute atomic E-state index is 0.0249. The number of carbonyl (C=O) groups excluding carboxylic acids is 1. The van der Waals surface area contributed by atoms with Crippen LogP contribution >= 0.6 is 24.0 Å². The molecule has 0 saturated carbocycles. The number of rotatable bonds is 5. The van der Waals surface area contributed by atoms with Gasteiger partial charge in [0.2, 0.25) is 0 Å². The van der Waals surface area contributed by atoms with E-state index < -0.39 is 0 Å². The molecule has 1 heterocycles. The fourth-order valence-corrected chi connectivity index (χ4v) is 3.74. The van der Waals surface area contributed by atoms with Crippen LogP contribution in [-0.4, -0.2) is 21.7 Å². The van der Waals surface area contributed by atoms with Crippen LogP contribution in [0.5, 0.6) is 5.75 Å². The topological polar surface area (TPSA) is 29.5 Å². The van der Waals surface area contributed by atoms with Crippen LogP contribution in [-0.2, 0) is 11.4 Å². The third-order valence-electron chi connectivity index (χ3n) is 3.59. The summed E-state index contributed by atoms with van der Waals surface area (Å²) >= 11 is 6.58. The Balaban J connectivity index is 1.73. The zero-order chi connectivity index (χ0) is 16.9. The highest BCUT2D eigenvalue weighted by atomic mass is 32.2. The van der Waals surface area contributed by atoms with Gasteiger partial charge in [0.05, 0.1) is 4.91 Å². The van der Waals surface area contributed by atoms with Crippen LogP contribution in [0.15, 0.2) is 59.5 Å². The van der Waals surface area contributed by atoms with Crippen molar-refractivity contribution in [1.29, 1.82) is 0 Å². The van der Waals surface area contributed by atoms with E-state index in [-0.39, 0.29) is 5.91 Å². The summed E-state index contributed by atoms with van der Waals surface area (Å²) in [4.78, 5) is 14.5. The molecule has 0 spiro atoms. The van der Waals surface area contributed by atoms with Crippen molar-refractivity contribution in [2.45, 2.75) is 13.5 Å². The number of carbonyl (C=O) groups is 1. The second-order valence-corrected chi connectivity index (χ2v) is 6.95. The lowest BCUT2D eigenvalue weighted by atomic mass is 10.2. The number of ether oxygens (including phenoxy) is 1. The molecule has 0 radical (unpaired) electrons. The summed E-state index contributed by atoms with van der Waals surface area (Å²) in [6.07, 6.45) is 1.87. The molecule has 1 aliphatic heterocycles. The van der Waals surface area contributed by atoms with Gasteiger partial charge in [-0.15, -0.1) is 0 Å². The van der Waals surface area contributed by atoms with Gasteiger partial charge in [0.25, 0.3) is 5.91 Å². The number of hydrogen-bond donors (Lipinski definition) is 0. The Morgan fingerprint density at radius 1 is 1.17 bits per heavy atom. The molecule has 1 fully saturated rings. The van der Waals surface area contributed by atoms with Gasteiger partial charge in [-0.3, -0.25) is 9.69 Å². The molecule has 1 saturated heterocycles. The molecule has 1 amide bonds. The number of benzene rings is 2. The van der Waals surface area contributed by atoms with Crippen LogP contribution in [0.3, 0.4) is 0 Å². The Bertz CT molecular complexity index is 787. The average molecular weight is 355 g/mol. The average Bonchev–Trinajstić information content (AvgIpc) is 2.87.